The summed E-state index contributed by atoms with van der Waals surface area (Å²) in [6.07, 6.45) is 1.71. The Morgan fingerprint density at radius 2 is 1.81 bits per heavy atom. The molecule has 5 nitrogen and oxygen atoms in total. The molecule has 0 bridgehead atoms. The highest BCUT2D eigenvalue weighted by atomic mass is 35.5. The van der Waals surface area contributed by atoms with Crippen molar-refractivity contribution in [3.63, 3.8) is 0 Å². The summed E-state index contributed by atoms with van der Waals surface area (Å²) >= 11 is 12.3. The van der Waals surface area contributed by atoms with Gasteiger partial charge < -0.3 is 5.32 Å². The number of carbonyl (C=O) groups excluding carboxylic acids is 1. The van der Waals surface area contributed by atoms with E-state index in [1.54, 1.807) is 24.3 Å². The summed E-state index contributed by atoms with van der Waals surface area (Å²) in [7, 11) is -4.01. The second kappa shape index (κ2) is 9.44. The predicted molar refractivity (Wildman–Crippen MR) is 110 cm³/mol. The maximum absolute atomic E-state index is 13.2. The number of nitrogens with zero attached hydrogens (tertiary/aromatic N) is 1. The fourth-order valence-electron chi connectivity index (χ4n) is 2.65. The highest BCUT2D eigenvalue weighted by Gasteiger charge is 2.29. The molecule has 0 unspecified atom stereocenters. The molecule has 0 saturated carbocycles. The average molecular weight is 429 g/mol. The zero-order valence-corrected chi connectivity index (χ0v) is 17.5. The van der Waals surface area contributed by atoms with Crippen molar-refractivity contribution in [3.8, 4) is 0 Å². The Kier molecular flexibility index (Phi) is 7.53. The molecule has 1 N–H and O–H groups in total. The van der Waals surface area contributed by atoms with Crippen LogP contribution in [0.25, 0.3) is 0 Å². The number of anilines is 1. The lowest BCUT2D eigenvalue weighted by Gasteiger charge is -2.26. The second-order valence-corrected chi connectivity index (χ2v) is 8.88. The monoisotopic (exact) mass is 428 g/mol. The predicted octanol–water partition coefficient (Wildman–Crippen LogP) is 4.49. The normalized spacial score (nSPS) is 12.4. The molecule has 0 spiro atoms. The van der Waals surface area contributed by atoms with E-state index in [4.69, 9.17) is 23.2 Å². The first-order chi connectivity index (χ1) is 12.8. The Morgan fingerprint density at radius 3 is 2.44 bits per heavy atom. The van der Waals surface area contributed by atoms with Crippen molar-refractivity contribution < 1.29 is 13.2 Å². The molecule has 27 heavy (non-hydrogen) atoms. The number of amides is 1. The van der Waals surface area contributed by atoms with E-state index < -0.39 is 22.5 Å². The quantitative estimate of drug-likeness (QED) is 0.672. The van der Waals surface area contributed by atoms with Crippen LogP contribution in [0.1, 0.15) is 26.7 Å². The molecule has 2 aromatic carbocycles. The van der Waals surface area contributed by atoms with Crippen molar-refractivity contribution in [2.75, 3.05) is 10.8 Å². The lowest BCUT2D eigenvalue weighted by atomic mass is 10.2. The third-order valence-electron chi connectivity index (χ3n) is 3.92. The number of halogens is 2. The molecule has 0 aliphatic carbocycles. The number of rotatable bonds is 8. The first-order valence-electron chi connectivity index (χ1n) is 8.58. The third-order valence-corrected chi connectivity index (χ3v) is 6.25. The highest BCUT2D eigenvalue weighted by molar-refractivity contribution is 7.92. The van der Waals surface area contributed by atoms with E-state index in [2.05, 4.69) is 5.32 Å². The molecule has 2 aromatic rings. The number of nitrogens with one attached hydrogen (secondary N) is 1. The molecular formula is C19H22Cl2N2O3S. The molecule has 0 saturated heterocycles. The number of benzene rings is 2. The summed E-state index contributed by atoms with van der Waals surface area (Å²) in [6.45, 7) is 3.50. The molecule has 0 aliphatic rings. The maximum Gasteiger partial charge on any atom is 0.264 e. The Morgan fingerprint density at radius 1 is 1.15 bits per heavy atom. The SMILES string of the molecule is CCC[C@@H](C)NC(=O)CN(c1cc(Cl)ccc1Cl)S(=O)(=O)c1ccccc1. The molecule has 2 rings (SSSR count). The van der Waals surface area contributed by atoms with Crippen LogP contribution >= 0.6 is 23.2 Å². The van der Waals surface area contributed by atoms with Crippen LogP contribution in [0.5, 0.6) is 0 Å². The molecule has 1 amide bonds. The van der Waals surface area contributed by atoms with E-state index in [1.807, 2.05) is 13.8 Å². The van der Waals surface area contributed by atoms with Gasteiger partial charge in [-0.25, -0.2) is 8.42 Å². The summed E-state index contributed by atoms with van der Waals surface area (Å²) in [5.41, 5.74) is 0.159. The fourth-order valence-corrected chi connectivity index (χ4v) is 4.54. The number of hydrogen-bond acceptors (Lipinski definition) is 3. The van der Waals surface area contributed by atoms with Crippen molar-refractivity contribution in [3.05, 3.63) is 58.6 Å². The summed E-state index contributed by atoms with van der Waals surface area (Å²) in [5, 5.41) is 3.33. The van der Waals surface area contributed by atoms with Gasteiger partial charge in [0.1, 0.15) is 6.54 Å². The molecule has 0 fully saturated rings. The lowest BCUT2D eigenvalue weighted by molar-refractivity contribution is -0.120. The first-order valence-corrected chi connectivity index (χ1v) is 10.8. The molecule has 146 valence electrons. The first kappa shape index (κ1) is 21.5. The largest absolute Gasteiger partial charge is 0.352 e. The van der Waals surface area contributed by atoms with Gasteiger partial charge in [0.25, 0.3) is 10.0 Å². The van der Waals surface area contributed by atoms with Crippen LogP contribution in [0.4, 0.5) is 5.69 Å². The molecule has 0 radical (unpaired) electrons. The van der Waals surface area contributed by atoms with Crippen LogP contribution in [-0.2, 0) is 14.8 Å². The van der Waals surface area contributed by atoms with Crippen LogP contribution in [0.3, 0.4) is 0 Å². The van der Waals surface area contributed by atoms with E-state index in [1.165, 1.54) is 24.3 Å². The van der Waals surface area contributed by atoms with Crippen molar-refractivity contribution in [1.82, 2.24) is 5.32 Å². The standard InChI is InChI=1S/C19H22Cl2N2O3S/c1-3-7-14(2)22-19(24)13-23(18-12-15(20)10-11-17(18)21)27(25,26)16-8-5-4-6-9-16/h4-6,8-12,14H,3,7,13H2,1-2H3,(H,22,24)/t14-/m1/s1. The Balaban J connectivity index is 2.43. The number of carbonyl (C=O) groups is 1. The van der Waals surface area contributed by atoms with E-state index in [0.717, 1.165) is 17.1 Å². The molecule has 1 atom stereocenters. The minimum absolute atomic E-state index is 0.0568. The smallest absolute Gasteiger partial charge is 0.264 e. The molecule has 8 heteroatoms. The summed E-state index contributed by atoms with van der Waals surface area (Å²) in [6, 6.07) is 12.3. The van der Waals surface area contributed by atoms with Gasteiger partial charge in [-0.3, -0.25) is 9.10 Å². The zero-order valence-electron chi connectivity index (χ0n) is 15.2. The summed E-state index contributed by atoms with van der Waals surface area (Å²) in [5.74, 6) is -0.411. The van der Waals surface area contributed by atoms with Gasteiger partial charge in [-0.05, 0) is 43.7 Å². The highest BCUT2D eigenvalue weighted by Crippen LogP contribution is 2.32. The van der Waals surface area contributed by atoms with Crippen LogP contribution in [0.15, 0.2) is 53.4 Å². The van der Waals surface area contributed by atoms with Crippen molar-refractivity contribution in [1.29, 1.82) is 0 Å². The van der Waals surface area contributed by atoms with Gasteiger partial charge in [0.15, 0.2) is 0 Å². The molecule has 0 heterocycles. The minimum atomic E-state index is -4.01. The molecular weight excluding hydrogens is 407 g/mol. The summed E-state index contributed by atoms with van der Waals surface area (Å²) in [4.78, 5) is 12.6. The van der Waals surface area contributed by atoms with Crippen molar-refractivity contribution in [2.45, 2.75) is 37.6 Å². The van der Waals surface area contributed by atoms with Gasteiger partial charge in [0.2, 0.25) is 5.91 Å². The van der Waals surface area contributed by atoms with Crippen LogP contribution in [0.2, 0.25) is 10.0 Å². The fraction of sp³-hybridized carbons (Fsp3) is 0.316. The van der Waals surface area contributed by atoms with Crippen LogP contribution in [0, 0.1) is 0 Å². The van der Waals surface area contributed by atoms with Gasteiger partial charge in [0, 0.05) is 11.1 Å². The van der Waals surface area contributed by atoms with Gasteiger partial charge in [-0.15, -0.1) is 0 Å². The minimum Gasteiger partial charge on any atom is -0.352 e. The van der Waals surface area contributed by atoms with Gasteiger partial charge >= 0.3 is 0 Å². The Hall–Kier alpha value is -1.76. The Labute approximate surface area is 170 Å². The number of hydrogen-bond donors (Lipinski definition) is 1. The van der Waals surface area contributed by atoms with Gasteiger partial charge in [0.05, 0.1) is 15.6 Å². The van der Waals surface area contributed by atoms with Crippen molar-refractivity contribution in [2.24, 2.45) is 0 Å². The Bertz CT molecular complexity index is 889. The van der Waals surface area contributed by atoms with E-state index >= 15 is 0 Å². The zero-order chi connectivity index (χ0) is 20.0. The van der Waals surface area contributed by atoms with Gasteiger partial charge in [-0.2, -0.15) is 0 Å². The number of sulfonamides is 1. The van der Waals surface area contributed by atoms with Crippen LogP contribution in [-0.4, -0.2) is 26.9 Å². The lowest BCUT2D eigenvalue weighted by Crippen LogP contribution is -2.43. The van der Waals surface area contributed by atoms with Crippen LogP contribution < -0.4 is 9.62 Å². The maximum atomic E-state index is 13.2. The van der Waals surface area contributed by atoms with E-state index in [-0.39, 0.29) is 21.6 Å². The average Bonchev–Trinajstić information content (AvgIpc) is 2.62. The molecule has 0 aliphatic heterocycles. The third kappa shape index (κ3) is 5.61. The van der Waals surface area contributed by atoms with E-state index in [9.17, 15) is 13.2 Å². The molecule has 0 aromatic heterocycles. The summed E-state index contributed by atoms with van der Waals surface area (Å²) < 4.78 is 27.4. The second-order valence-electron chi connectivity index (χ2n) is 6.18. The topological polar surface area (TPSA) is 66.5 Å². The van der Waals surface area contributed by atoms with E-state index in [0.29, 0.717) is 5.02 Å². The van der Waals surface area contributed by atoms with Crippen molar-refractivity contribution >= 4 is 44.8 Å². The van der Waals surface area contributed by atoms with Gasteiger partial charge in [-0.1, -0.05) is 54.7 Å².